The first-order valence-electron chi connectivity index (χ1n) is 14.1. The Balaban J connectivity index is 1.50. The van der Waals surface area contributed by atoms with Crippen molar-refractivity contribution in [2.45, 2.75) is 77.1 Å². The summed E-state index contributed by atoms with van der Waals surface area (Å²) >= 11 is 6.96. The summed E-state index contributed by atoms with van der Waals surface area (Å²) in [6.45, 7) is 10.4. The van der Waals surface area contributed by atoms with Crippen LogP contribution in [0.15, 0.2) is 29.3 Å². The van der Waals surface area contributed by atoms with Gasteiger partial charge in [-0.1, -0.05) is 44.2 Å². The van der Waals surface area contributed by atoms with Gasteiger partial charge in [0.1, 0.15) is 6.73 Å². The highest BCUT2D eigenvalue weighted by Crippen LogP contribution is 2.42. The van der Waals surface area contributed by atoms with Crippen molar-refractivity contribution in [2.75, 3.05) is 11.5 Å². The number of hydrogen-bond acceptors (Lipinski definition) is 5. The number of benzene rings is 1. The lowest BCUT2D eigenvalue weighted by molar-refractivity contribution is 0.0899. The third-order valence-electron chi connectivity index (χ3n) is 8.72. The Morgan fingerprint density at radius 1 is 1.08 bits per heavy atom. The van der Waals surface area contributed by atoms with Gasteiger partial charge in [-0.15, -0.1) is 0 Å². The molecular formula is C29H39ClN6O2Si. The Hall–Kier alpha value is -2.62. The van der Waals surface area contributed by atoms with E-state index in [4.69, 9.17) is 21.3 Å². The predicted octanol–water partition coefficient (Wildman–Crippen LogP) is 6.02. The van der Waals surface area contributed by atoms with Gasteiger partial charge in [0.05, 0.1) is 15.9 Å². The van der Waals surface area contributed by atoms with Gasteiger partial charge in [-0.2, -0.15) is 10.1 Å². The second kappa shape index (κ2) is 9.78. The molecule has 10 heteroatoms. The fraction of sp³-hybridized carbons (Fsp3) is 0.552. The zero-order valence-corrected chi connectivity index (χ0v) is 25.6. The van der Waals surface area contributed by atoms with E-state index in [0.717, 1.165) is 53.3 Å². The van der Waals surface area contributed by atoms with Gasteiger partial charge >= 0.3 is 0 Å². The van der Waals surface area contributed by atoms with Crippen molar-refractivity contribution in [3.63, 3.8) is 0 Å². The summed E-state index contributed by atoms with van der Waals surface area (Å²) in [5.41, 5.74) is 3.03. The molecule has 6 rings (SSSR count). The highest BCUT2D eigenvalue weighted by molar-refractivity contribution is 6.76. The molecule has 2 aliphatic rings. The Labute approximate surface area is 235 Å². The number of piperidine rings is 1. The van der Waals surface area contributed by atoms with E-state index in [9.17, 15) is 4.79 Å². The lowest BCUT2D eigenvalue weighted by atomic mass is 9.92. The monoisotopic (exact) mass is 566 g/mol. The SMILES string of the molecule is C[C@@H]1CC[C@@H]2CC[C@H]1N2c1nc2c(c(-c3ccc4nn(C)cc4c3Cl)cn2COCC[Si](C)(C)C)c(=O)n1C. The van der Waals surface area contributed by atoms with Crippen LogP contribution in [0.1, 0.15) is 32.6 Å². The number of fused-ring (bicyclic) bond motifs is 4. The molecule has 8 nitrogen and oxygen atoms in total. The molecule has 0 saturated carbocycles. The predicted molar refractivity (Wildman–Crippen MR) is 161 cm³/mol. The number of aryl methyl sites for hydroxylation is 1. The molecule has 1 aromatic carbocycles. The molecule has 0 amide bonds. The van der Waals surface area contributed by atoms with E-state index in [1.807, 2.05) is 43.2 Å². The van der Waals surface area contributed by atoms with Crippen LogP contribution in [0.5, 0.6) is 0 Å². The van der Waals surface area contributed by atoms with E-state index in [-0.39, 0.29) is 5.56 Å². The second-order valence-electron chi connectivity index (χ2n) is 12.8. The van der Waals surface area contributed by atoms with Gasteiger partial charge in [-0.05, 0) is 43.7 Å². The largest absolute Gasteiger partial charge is 0.361 e. The fourth-order valence-corrected chi connectivity index (χ4v) is 7.55. The second-order valence-corrected chi connectivity index (χ2v) is 18.8. The molecule has 3 atom stereocenters. The number of nitrogens with zero attached hydrogens (tertiary/aromatic N) is 6. The summed E-state index contributed by atoms with van der Waals surface area (Å²) in [5, 5.41) is 6.53. The quantitative estimate of drug-likeness (QED) is 0.202. The van der Waals surface area contributed by atoms with Crippen molar-refractivity contribution in [3.8, 4) is 11.1 Å². The van der Waals surface area contributed by atoms with Crippen LogP contribution in [0.2, 0.25) is 30.7 Å². The normalized spacial score (nSPS) is 21.5. The summed E-state index contributed by atoms with van der Waals surface area (Å²) in [5.74, 6) is 1.36. The smallest absolute Gasteiger partial charge is 0.264 e. The standard InChI is InChI=1S/C29H39ClN6O2Si/c1-18-7-8-19-9-12-24(18)36(19)29-31-27-25(28(37)34(29)3)21(16-35(27)17-38-13-14-39(4,5)6)20-10-11-23-22(26(20)30)15-33(2)32-23/h10-11,15-16,18-19,24H,7-9,12-14,17H2,1-6H3/t18-,19-,24-/m1/s1. The maximum absolute atomic E-state index is 14.1. The minimum atomic E-state index is -1.23. The van der Waals surface area contributed by atoms with Gasteiger partial charge in [0.25, 0.3) is 5.56 Å². The topological polar surface area (TPSA) is 70.1 Å². The summed E-state index contributed by atoms with van der Waals surface area (Å²) in [4.78, 5) is 21.8. The molecule has 0 aliphatic carbocycles. The highest BCUT2D eigenvalue weighted by Gasteiger charge is 2.42. The average Bonchev–Trinajstić information content (AvgIpc) is 3.53. The van der Waals surface area contributed by atoms with Crippen molar-refractivity contribution in [1.29, 1.82) is 0 Å². The molecule has 3 aromatic heterocycles. The molecule has 2 fully saturated rings. The number of hydrogen-bond donors (Lipinski definition) is 0. The van der Waals surface area contributed by atoms with Gasteiger partial charge in [0.15, 0.2) is 5.65 Å². The molecule has 0 spiro atoms. The van der Waals surface area contributed by atoms with Crippen molar-refractivity contribution in [3.05, 3.63) is 39.9 Å². The van der Waals surface area contributed by atoms with Crippen LogP contribution in [0, 0.1) is 5.92 Å². The molecule has 2 bridgehead atoms. The van der Waals surface area contributed by atoms with Crippen LogP contribution in [0.3, 0.4) is 0 Å². The molecule has 0 N–H and O–H groups in total. The van der Waals surface area contributed by atoms with Crippen LogP contribution >= 0.6 is 11.6 Å². The lowest BCUT2D eigenvalue weighted by Gasteiger charge is -2.40. The first-order valence-corrected chi connectivity index (χ1v) is 18.2. The van der Waals surface area contributed by atoms with Crippen LogP contribution in [-0.4, -0.2) is 50.7 Å². The Morgan fingerprint density at radius 3 is 2.62 bits per heavy atom. The number of aromatic nitrogens is 5. The third kappa shape index (κ3) is 4.62. The molecular weight excluding hydrogens is 528 g/mol. The summed E-state index contributed by atoms with van der Waals surface area (Å²) in [6, 6.07) is 5.88. The van der Waals surface area contributed by atoms with Crippen molar-refractivity contribution < 1.29 is 4.74 Å². The summed E-state index contributed by atoms with van der Waals surface area (Å²) in [6.07, 6.45) is 8.62. The van der Waals surface area contributed by atoms with Crippen molar-refractivity contribution in [1.82, 2.24) is 23.9 Å². The Kier molecular flexibility index (Phi) is 6.67. The first kappa shape index (κ1) is 26.6. The molecule has 2 saturated heterocycles. The van der Waals surface area contributed by atoms with Crippen LogP contribution in [0.25, 0.3) is 33.1 Å². The number of rotatable bonds is 7. The summed E-state index contributed by atoms with van der Waals surface area (Å²) in [7, 11) is 2.52. The van der Waals surface area contributed by atoms with Crippen LogP contribution in [-0.2, 0) is 25.6 Å². The van der Waals surface area contributed by atoms with Gasteiger partial charge in [-0.3, -0.25) is 14.0 Å². The summed E-state index contributed by atoms with van der Waals surface area (Å²) < 4.78 is 11.7. The molecule has 0 radical (unpaired) electrons. The Morgan fingerprint density at radius 2 is 1.85 bits per heavy atom. The van der Waals surface area contributed by atoms with Crippen molar-refractivity contribution in [2.24, 2.45) is 20.0 Å². The molecule has 39 heavy (non-hydrogen) atoms. The number of ether oxygens (including phenoxy) is 1. The molecule has 5 heterocycles. The lowest BCUT2D eigenvalue weighted by Crippen LogP contribution is -2.46. The van der Waals surface area contributed by atoms with E-state index in [1.54, 1.807) is 9.25 Å². The van der Waals surface area contributed by atoms with Crippen molar-refractivity contribution >= 4 is 47.6 Å². The first-order chi connectivity index (χ1) is 18.5. The van der Waals surface area contributed by atoms with E-state index in [0.29, 0.717) is 47.4 Å². The van der Waals surface area contributed by atoms with Crippen LogP contribution in [0.4, 0.5) is 5.95 Å². The fourth-order valence-electron chi connectivity index (χ4n) is 6.48. The number of halogens is 1. The zero-order chi connectivity index (χ0) is 27.6. The minimum Gasteiger partial charge on any atom is -0.361 e. The maximum Gasteiger partial charge on any atom is 0.264 e. The maximum atomic E-state index is 14.1. The molecule has 4 aromatic rings. The average molecular weight is 567 g/mol. The zero-order valence-electron chi connectivity index (χ0n) is 23.9. The number of anilines is 1. The van der Waals surface area contributed by atoms with Gasteiger partial charge in [0.2, 0.25) is 5.95 Å². The third-order valence-corrected chi connectivity index (χ3v) is 10.8. The van der Waals surface area contributed by atoms with E-state index in [1.165, 1.54) is 6.42 Å². The van der Waals surface area contributed by atoms with Gasteiger partial charge < -0.3 is 14.2 Å². The van der Waals surface area contributed by atoms with Gasteiger partial charge in [-0.25, -0.2) is 0 Å². The molecule has 2 aliphatic heterocycles. The van der Waals surface area contributed by atoms with Gasteiger partial charge in [0, 0.05) is 69.8 Å². The minimum absolute atomic E-state index is 0.0502. The molecule has 0 unspecified atom stereocenters. The molecule has 208 valence electrons. The van der Waals surface area contributed by atoms with E-state index < -0.39 is 8.07 Å². The van der Waals surface area contributed by atoms with E-state index in [2.05, 4.69) is 36.6 Å². The Bertz CT molecular complexity index is 1620. The van der Waals surface area contributed by atoms with E-state index >= 15 is 0 Å². The van der Waals surface area contributed by atoms with Crippen LogP contribution < -0.4 is 10.5 Å². The highest BCUT2D eigenvalue weighted by atomic mass is 35.5.